The molecule has 0 aliphatic rings. The summed E-state index contributed by atoms with van der Waals surface area (Å²) in [4.78, 5) is 15.7. The van der Waals surface area contributed by atoms with E-state index in [-0.39, 0.29) is 5.91 Å². The second kappa shape index (κ2) is 5.97. The Balaban J connectivity index is 2.01. The molecular weight excluding hydrogens is 230 g/mol. The molecule has 0 fully saturated rings. The van der Waals surface area contributed by atoms with E-state index in [1.807, 2.05) is 22.9 Å². The first-order chi connectivity index (χ1) is 8.81. The maximum atomic E-state index is 11.7. The van der Waals surface area contributed by atoms with E-state index in [4.69, 9.17) is 4.74 Å². The van der Waals surface area contributed by atoms with Crippen molar-refractivity contribution >= 4 is 5.91 Å². The summed E-state index contributed by atoms with van der Waals surface area (Å²) in [6.07, 6.45) is 5.28. The van der Waals surface area contributed by atoms with Gasteiger partial charge in [-0.3, -0.25) is 4.79 Å². The lowest BCUT2D eigenvalue weighted by atomic mass is 10.2. The zero-order valence-corrected chi connectivity index (χ0v) is 10.2. The molecule has 1 amide bonds. The van der Waals surface area contributed by atoms with E-state index < -0.39 is 0 Å². The fraction of sp³-hybridized carbons (Fsp3) is 0.231. The van der Waals surface area contributed by atoms with Gasteiger partial charge in [-0.1, -0.05) is 0 Å². The molecule has 5 heteroatoms. The molecule has 0 aliphatic heterocycles. The van der Waals surface area contributed by atoms with Crippen LogP contribution in [-0.4, -0.2) is 35.7 Å². The lowest BCUT2D eigenvalue weighted by Gasteiger charge is -2.06. The fourth-order valence-corrected chi connectivity index (χ4v) is 1.57. The molecular formula is C13H15N3O2. The Morgan fingerprint density at radius 3 is 2.78 bits per heavy atom. The molecule has 0 radical (unpaired) electrons. The molecule has 1 heterocycles. The molecule has 0 bridgehead atoms. The van der Waals surface area contributed by atoms with E-state index >= 15 is 0 Å². The summed E-state index contributed by atoms with van der Waals surface area (Å²) in [7, 11) is 1.60. The van der Waals surface area contributed by atoms with Crippen molar-refractivity contribution in [1.29, 1.82) is 0 Å². The molecule has 1 aromatic carbocycles. The number of aromatic nitrogens is 2. The van der Waals surface area contributed by atoms with Gasteiger partial charge in [0, 0.05) is 37.3 Å². The van der Waals surface area contributed by atoms with Crippen LogP contribution in [0.25, 0.3) is 5.69 Å². The minimum Gasteiger partial charge on any atom is -0.383 e. The number of nitrogens with zero attached hydrogens (tertiary/aromatic N) is 2. The summed E-state index contributed by atoms with van der Waals surface area (Å²) in [5, 5.41) is 2.77. The van der Waals surface area contributed by atoms with Crippen molar-refractivity contribution in [3.8, 4) is 5.69 Å². The van der Waals surface area contributed by atoms with Crippen LogP contribution >= 0.6 is 0 Å². The van der Waals surface area contributed by atoms with Crippen LogP contribution in [0.1, 0.15) is 10.4 Å². The van der Waals surface area contributed by atoms with Gasteiger partial charge in [0.1, 0.15) is 0 Å². The Hall–Kier alpha value is -2.14. The predicted molar refractivity (Wildman–Crippen MR) is 67.8 cm³/mol. The summed E-state index contributed by atoms with van der Waals surface area (Å²) in [5.74, 6) is -0.0933. The van der Waals surface area contributed by atoms with Gasteiger partial charge in [-0.25, -0.2) is 4.98 Å². The summed E-state index contributed by atoms with van der Waals surface area (Å²) in [5.41, 5.74) is 1.61. The zero-order valence-electron chi connectivity index (χ0n) is 10.2. The number of hydrogen-bond donors (Lipinski definition) is 1. The van der Waals surface area contributed by atoms with Crippen molar-refractivity contribution in [2.75, 3.05) is 20.3 Å². The van der Waals surface area contributed by atoms with Gasteiger partial charge >= 0.3 is 0 Å². The minimum absolute atomic E-state index is 0.0933. The van der Waals surface area contributed by atoms with Crippen molar-refractivity contribution in [1.82, 2.24) is 14.9 Å². The molecule has 2 aromatic rings. The molecule has 1 N–H and O–H groups in total. The van der Waals surface area contributed by atoms with Gasteiger partial charge in [0.05, 0.1) is 12.9 Å². The Bertz CT molecular complexity index is 491. The molecule has 2 rings (SSSR count). The molecule has 0 saturated carbocycles. The lowest BCUT2D eigenvalue weighted by Crippen LogP contribution is -2.26. The van der Waals surface area contributed by atoms with E-state index in [1.54, 1.807) is 31.8 Å². The average molecular weight is 245 g/mol. The van der Waals surface area contributed by atoms with Crippen LogP contribution < -0.4 is 5.32 Å². The number of carbonyl (C=O) groups excluding carboxylic acids is 1. The fourth-order valence-electron chi connectivity index (χ4n) is 1.57. The van der Waals surface area contributed by atoms with E-state index in [2.05, 4.69) is 10.3 Å². The van der Waals surface area contributed by atoms with Crippen molar-refractivity contribution in [2.45, 2.75) is 0 Å². The third kappa shape index (κ3) is 2.95. The highest BCUT2D eigenvalue weighted by atomic mass is 16.5. The van der Waals surface area contributed by atoms with Crippen LogP contribution in [0.15, 0.2) is 43.0 Å². The lowest BCUT2D eigenvalue weighted by molar-refractivity contribution is 0.0937. The quantitative estimate of drug-likeness (QED) is 0.806. The summed E-state index contributed by atoms with van der Waals surface area (Å²) < 4.78 is 6.75. The molecule has 0 aliphatic carbocycles. The molecule has 1 aromatic heterocycles. The largest absolute Gasteiger partial charge is 0.383 e. The Kier molecular flexibility index (Phi) is 4.09. The number of carbonyl (C=O) groups is 1. The summed E-state index contributed by atoms with van der Waals surface area (Å²) >= 11 is 0. The standard InChI is InChI=1S/C13H15N3O2/c1-18-9-7-15-13(17)11-2-4-12(5-3-11)16-8-6-14-10-16/h2-6,8,10H,7,9H2,1H3,(H,15,17). The van der Waals surface area contributed by atoms with E-state index in [1.165, 1.54) is 0 Å². The maximum absolute atomic E-state index is 11.7. The van der Waals surface area contributed by atoms with Crippen molar-refractivity contribution in [2.24, 2.45) is 0 Å². The summed E-state index contributed by atoms with van der Waals surface area (Å²) in [6.45, 7) is 1.03. The van der Waals surface area contributed by atoms with Gasteiger partial charge < -0.3 is 14.6 Å². The smallest absolute Gasteiger partial charge is 0.251 e. The Morgan fingerprint density at radius 2 is 2.17 bits per heavy atom. The van der Waals surface area contributed by atoms with E-state index in [9.17, 15) is 4.79 Å². The molecule has 5 nitrogen and oxygen atoms in total. The van der Waals surface area contributed by atoms with Gasteiger partial charge in [-0.15, -0.1) is 0 Å². The highest BCUT2D eigenvalue weighted by Crippen LogP contribution is 2.09. The van der Waals surface area contributed by atoms with Gasteiger partial charge in [0.15, 0.2) is 0 Å². The predicted octanol–water partition coefficient (Wildman–Crippen LogP) is 1.25. The highest BCUT2D eigenvalue weighted by molar-refractivity contribution is 5.94. The summed E-state index contributed by atoms with van der Waals surface area (Å²) in [6, 6.07) is 7.34. The zero-order chi connectivity index (χ0) is 12.8. The number of amides is 1. The Morgan fingerprint density at radius 1 is 1.39 bits per heavy atom. The van der Waals surface area contributed by atoms with Crippen LogP contribution in [0.4, 0.5) is 0 Å². The van der Waals surface area contributed by atoms with Crippen LogP contribution in [0.5, 0.6) is 0 Å². The number of rotatable bonds is 5. The molecule has 0 spiro atoms. The third-order valence-corrected chi connectivity index (χ3v) is 2.52. The molecule has 0 unspecified atom stereocenters. The highest BCUT2D eigenvalue weighted by Gasteiger charge is 2.04. The topological polar surface area (TPSA) is 56.1 Å². The van der Waals surface area contributed by atoms with Gasteiger partial charge in [0.25, 0.3) is 5.91 Å². The number of methoxy groups -OCH3 is 1. The van der Waals surface area contributed by atoms with Crippen LogP contribution in [0, 0.1) is 0 Å². The molecule has 18 heavy (non-hydrogen) atoms. The van der Waals surface area contributed by atoms with Crippen molar-refractivity contribution in [3.63, 3.8) is 0 Å². The first kappa shape index (κ1) is 12.3. The molecule has 0 atom stereocenters. The Labute approximate surface area is 105 Å². The van der Waals surface area contributed by atoms with Crippen molar-refractivity contribution in [3.05, 3.63) is 48.5 Å². The van der Waals surface area contributed by atoms with Crippen LogP contribution in [0.3, 0.4) is 0 Å². The maximum Gasteiger partial charge on any atom is 0.251 e. The number of imidazole rings is 1. The molecule has 94 valence electrons. The normalized spacial score (nSPS) is 10.3. The van der Waals surface area contributed by atoms with Crippen LogP contribution in [0.2, 0.25) is 0 Å². The molecule has 0 saturated heterocycles. The average Bonchev–Trinajstić information content (AvgIpc) is 2.93. The number of hydrogen-bond acceptors (Lipinski definition) is 3. The number of benzene rings is 1. The van der Waals surface area contributed by atoms with Gasteiger partial charge in [-0.2, -0.15) is 0 Å². The van der Waals surface area contributed by atoms with Crippen LogP contribution in [-0.2, 0) is 4.74 Å². The SMILES string of the molecule is COCCNC(=O)c1ccc(-n2ccnc2)cc1. The second-order valence-corrected chi connectivity index (χ2v) is 3.77. The van der Waals surface area contributed by atoms with E-state index in [0.717, 1.165) is 5.69 Å². The second-order valence-electron chi connectivity index (χ2n) is 3.77. The van der Waals surface area contributed by atoms with Crippen molar-refractivity contribution < 1.29 is 9.53 Å². The monoisotopic (exact) mass is 245 g/mol. The first-order valence-corrected chi connectivity index (χ1v) is 5.67. The van der Waals surface area contributed by atoms with Gasteiger partial charge in [-0.05, 0) is 24.3 Å². The third-order valence-electron chi connectivity index (χ3n) is 2.52. The number of nitrogens with one attached hydrogen (secondary N) is 1. The van der Waals surface area contributed by atoms with Gasteiger partial charge in [0.2, 0.25) is 0 Å². The first-order valence-electron chi connectivity index (χ1n) is 5.67. The van der Waals surface area contributed by atoms with E-state index in [0.29, 0.717) is 18.7 Å². The number of ether oxygens (including phenoxy) is 1. The minimum atomic E-state index is -0.0933.